The monoisotopic (exact) mass is 377 g/mol. The van der Waals surface area contributed by atoms with Crippen LogP contribution < -0.4 is 15.6 Å². The van der Waals surface area contributed by atoms with Crippen molar-refractivity contribution in [1.82, 2.24) is 15.1 Å². The Morgan fingerprint density at radius 2 is 1.75 bits per heavy atom. The summed E-state index contributed by atoms with van der Waals surface area (Å²) in [5, 5.41) is 6.94. The van der Waals surface area contributed by atoms with Crippen LogP contribution in [0.25, 0.3) is 0 Å². The maximum atomic E-state index is 12.3. The normalized spacial score (nSPS) is 10.5. The largest absolute Gasteiger partial charge is 0.489 e. The molecule has 0 atom stereocenters. The number of aromatic nitrogens is 2. The van der Waals surface area contributed by atoms with E-state index in [-0.39, 0.29) is 17.2 Å². The molecule has 0 aliphatic carbocycles. The molecule has 0 fully saturated rings. The highest BCUT2D eigenvalue weighted by Crippen LogP contribution is 2.14. The van der Waals surface area contributed by atoms with Crippen LogP contribution in [-0.2, 0) is 19.7 Å². The Labute approximate surface area is 163 Å². The maximum absolute atomic E-state index is 12.3. The van der Waals surface area contributed by atoms with Gasteiger partial charge in [-0.15, -0.1) is 0 Å². The molecule has 0 radical (unpaired) electrons. The van der Waals surface area contributed by atoms with Crippen molar-refractivity contribution in [3.05, 3.63) is 93.9 Å². The van der Waals surface area contributed by atoms with Crippen LogP contribution in [0.1, 0.15) is 35.0 Å². The van der Waals surface area contributed by atoms with Gasteiger partial charge in [-0.05, 0) is 35.7 Å². The summed E-state index contributed by atoms with van der Waals surface area (Å²) in [6.07, 6.45) is 0.774. The standard InChI is InChI=1S/C22H23N3O3/c1-2-14-25-21(26)13-12-20(24-25)22(27)23-15-17-8-10-19(11-9-17)28-16-18-6-4-3-5-7-18/h3-13H,2,14-16H2,1H3,(H,23,27). The topological polar surface area (TPSA) is 73.2 Å². The quantitative estimate of drug-likeness (QED) is 0.654. The van der Waals surface area contributed by atoms with Crippen LogP contribution in [0.5, 0.6) is 5.75 Å². The lowest BCUT2D eigenvalue weighted by Gasteiger charge is -2.09. The molecule has 1 aromatic heterocycles. The third kappa shape index (κ3) is 5.30. The summed E-state index contributed by atoms with van der Waals surface area (Å²) in [6, 6.07) is 20.4. The van der Waals surface area contributed by atoms with Gasteiger partial charge in [0.1, 0.15) is 18.1 Å². The molecule has 144 valence electrons. The predicted octanol–water partition coefficient (Wildman–Crippen LogP) is 3.16. The van der Waals surface area contributed by atoms with Crippen molar-refractivity contribution in [3.63, 3.8) is 0 Å². The molecule has 1 amide bonds. The van der Waals surface area contributed by atoms with Crippen molar-refractivity contribution >= 4 is 5.91 Å². The number of benzene rings is 2. The second-order valence-electron chi connectivity index (χ2n) is 6.38. The molecule has 6 nitrogen and oxygen atoms in total. The summed E-state index contributed by atoms with van der Waals surface area (Å²) in [5.74, 6) is 0.460. The first kappa shape index (κ1) is 19.4. The molecule has 0 bridgehead atoms. The fourth-order valence-corrected chi connectivity index (χ4v) is 2.66. The fourth-order valence-electron chi connectivity index (χ4n) is 2.66. The zero-order chi connectivity index (χ0) is 19.8. The van der Waals surface area contributed by atoms with Gasteiger partial charge in [-0.1, -0.05) is 49.4 Å². The summed E-state index contributed by atoms with van der Waals surface area (Å²) in [7, 11) is 0. The predicted molar refractivity (Wildman–Crippen MR) is 107 cm³/mol. The van der Waals surface area contributed by atoms with E-state index in [1.807, 2.05) is 61.5 Å². The highest BCUT2D eigenvalue weighted by atomic mass is 16.5. The summed E-state index contributed by atoms with van der Waals surface area (Å²) in [5.41, 5.74) is 2.08. The number of carbonyl (C=O) groups is 1. The smallest absolute Gasteiger partial charge is 0.271 e. The molecule has 0 aliphatic heterocycles. The van der Waals surface area contributed by atoms with Crippen molar-refractivity contribution in [3.8, 4) is 5.75 Å². The molecule has 2 aromatic carbocycles. The van der Waals surface area contributed by atoms with Gasteiger partial charge in [0, 0.05) is 19.2 Å². The van der Waals surface area contributed by atoms with E-state index in [1.165, 1.54) is 16.8 Å². The summed E-state index contributed by atoms with van der Waals surface area (Å²) in [4.78, 5) is 24.0. The first-order chi connectivity index (χ1) is 13.7. The molecular weight excluding hydrogens is 354 g/mol. The van der Waals surface area contributed by atoms with E-state index in [9.17, 15) is 9.59 Å². The van der Waals surface area contributed by atoms with E-state index in [2.05, 4.69) is 10.4 Å². The average molecular weight is 377 g/mol. The lowest BCUT2D eigenvalue weighted by atomic mass is 10.2. The average Bonchev–Trinajstić information content (AvgIpc) is 2.74. The van der Waals surface area contributed by atoms with Crippen molar-refractivity contribution in [1.29, 1.82) is 0 Å². The van der Waals surface area contributed by atoms with E-state index in [1.54, 1.807) is 0 Å². The molecule has 0 saturated heterocycles. The molecule has 1 heterocycles. The minimum absolute atomic E-state index is 0.204. The molecular formula is C22H23N3O3. The molecule has 28 heavy (non-hydrogen) atoms. The number of nitrogens with zero attached hydrogens (tertiary/aromatic N) is 2. The first-order valence-corrected chi connectivity index (χ1v) is 9.27. The number of rotatable bonds is 8. The van der Waals surface area contributed by atoms with E-state index in [0.717, 1.165) is 23.3 Å². The van der Waals surface area contributed by atoms with E-state index >= 15 is 0 Å². The van der Waals surface area contributed by atoms with Crippen LogP contribution in [0, 0.1) is 0 Å². The van der Waals surface area contributed by atoms with E-state index in [0.29, 0.717) is 19.7 Å². The fraction of sp³-hybridized carbons (Fsp3) is 0.227. The summed E-state index contributed by atoms with van der Waals surface area (Å²) in [6.45, 7) is 3.32. The number of aryl methyl sites for hydroxylation is 1. The van der Waals surface area contributed by atoms with Crippen LogP contribution in [0.4, 0.5) is 0 Å². The lowest BCUT2D eigenvalue weighted by molar-refractivity contribution is 0.0943. The number of amides is 1. The van der Waals surface area contributed by atoms with Crippen molar-refractivity contribution in [2.24, 2.45) is 0 Å². The minimum atomic E-state index is -0.311. The van der Waals surface area contributed by atoms with Gasteiger partial charge in [0.2, 0.25) is 0 Å². The molecule has 3 rings (SSSR count). The number of nitrogens with one attached hydrogen (secondary N) is 1. The van der Waals surface area contributed by atoms with Gasteiger partial charge in [-0.25, -0.2) is 4.68 Å². The van der Waals surface area contributed by atoms with Gasteiger partial charge >= 0.3 is 0 Å². The maximum Gasteiger partial charge on any atom is 0.271 e. The lowest BCUT2D eigenvalue weighted by Crippen LogP contribution is -2.29. The summed E-state index contributed by atoms with van der Waals surface area (Å²) >= 11 is 0. The highest BCUT2D eigenvalue weighted by Gasteiger charge is 2.09. The first-order valence-electron chi connectivity index (χ1n) is 9.27. The molecule has 1 N–H and O–H groups in total. The van der Waals surface area contributed by atoms with Crippen molar-refractivity contribution in [2.45, 2.75) is 33.0 Å². The second kappa shape index (κ2) is 9.50. The Morgan fingerprint density at radius 1 is 1.00 bits per heavy atom. The molecule has 0 unspecified atom stereocenters. The van der Waals surface area contributed by atoms with Crippen molar-refractivity contribution < 1.29 is 9.53 Å². The van der Waals surface area contributed by atoms with Gasteiger partial charge in [-0.3, -0.25) is 9.59 Å². The Hall–Kier alpha value is -3.41. The molecule has 6 heteroatoms. The van der Waals surface area contributed by atoms with Crippen LogP contribution in [0.15, 0.2) is 71.5 Å². The molecule has 0 spiro atoms. The Balaban J connectivity index is 1.53. The second-order valence-corrected chi connectivity index (χ2v) is 6.38. The van der Waals surface area contributed by atoms with Crippen LogP contribution in [0.3, 0.4) is 0 Å². The van der Waals surface area contributed by atoms with Gasteiger partial charge < -0.3 is 10.1 Å². The number of hydrogen-bond acceptors (Lipinski definition) is 4. The van der Waals surface area contributed by atoms with E-state index < -0.39 is 0 Å². The third-order valence-electron chi connectivity index (χ3n) is 4.16. The number of carbonyl (C=O) groups excluding carboxylic acids is 1. The SMILES string of the molecule is CCCn1nc(C(=O)NCc2ccc(OCc3ccccc3)cc2)ccc1=O. The van der Waals surface area contributed by atoms with Crippen LogP contribution in [0.2, 0.25) is 0 Å². The van der Waals surface area contributed by atoms with Gasteiger partial charge in [0.25, 0.3) is 11.5 Å². The molecule has 0 aliphatic rings. The van der Waals surface area contributed by atoms with Gasteiger partial charge in [-0.2, -0.15) is 5.10 Å². The zero-order valence-electron chi connectivity index (χ0n) is 15.8. The van der Waals surface area contributed by atoms with Gasteiger partial charge in [0.15, 0.2) is 0 Å². The molecule has 0 saturated carbocycles. The Kier molecular flexibility index (Phi) is 6.57. The van der Waals surface area contributed by atoms with Crippen molar-refractivity contribution in [2.75, 3.05) is 0 Å². The molecule has 3 aromatic rings. The zero-order valence-corrected chi connectivity index (χ0v) is 15.8. The van der Waals surface area contributed by atoms with Gasteiger partial charge in [0.05, 0.1) is 0 Å². The van der Waals surface area contributed by atoms with E-state index in [4.69, 9.17) is 4.74 Å². The number of ether oxygens (including phenoxy) is 1. The Morgan fingerprint density at radius 3 is 2.46 bits per heavy atom. The van der Waals surface area contributed by atoms with Crippen LogP contribution >= 0.6 is 0 Å². The minimum Gasteiger partial charge on any atom is -0.489 e. The highest BCUT2D eigenvalue weighted by molar-refractivity contribution is 5.91. The third-order valence-corrected chi connectivity index (χ3v) is 4.16. The van der Waals surface area contributed by atoms with Crippen LogP contribution in [-0.4, -0.2) is 15.7 Å². The number of hydrogen-bond donors (Lipinski definition) is 1. The summed E-state index contributed by atoms with van der Waals surface area (Å²) < 4.78 is 7.07. The Bertz CT molecular complexity index is 966.